The van der Waals surface area contributed by atoms with Gasteiger partial charge in [0.25, 0.3) is 0 Å². The van der Waals surface area contributed by atoms with Gasteiger partial charge >= 0.3 is 0 Å². The van der Waals surface area contributed by atoms with Crippen molar-refractivity contribution < 1.29 is 14.3 Å². The van der Waals surface area contributed by atoms with Crippen molar-refractivity contribution in [2.45, 2.75) is 25.0 Å². The van der Waals surface area contributed by atoms with E-state index in [4.69, 9.17) is 9.47 Å². The number of carbonyl (C=O) groups is 1. The van der Waals surface area contributed by atoms with E-state index in [0.717, 1.165) is 32.3 Å². The van der Waals surface area contributed by atoms with Crippen LogP contribution >= 0.6 is 0 Å². The summed E-state index contributed by atoms with van der Waals surface area (Å²) in [4.78, 5) is 10.3. The van der Waals surface area contributed by atoms with Crippen molar-refractivity contribution in [1.82, 2.24) is 0 Å². The lowest BCUT2D eigenvalue weighted by Gasteiger charge is -2.19. The lowest BCUT2D eigenvalue weighted by atomic mass is 9.95. The maximum atomic E-state index is 10.3. The molecule has 0 bridgehead atoms. The molecule has 0 aromatic carbocycles. The molecule has 0 radical (unpaired) electrons. The third-order valence-corrected chi connectivity index (χ3v) is 2.43. The van der Waals surface area contributed by atoms with Gasteiger partial charge in [-0.05, 0) is 18.8 Å². The van der Waals surface area contributed by atoms with Crippen molar-refractivity contribution in [3.8, 4) is 0 Å². The molecule has 0 unspecified atom stereocenters. The van der Waals surface area contributed by atoms with E-state index in [1.54, 1.807) is 0 Å². The second-order valence-electron chi connectivity index (χ2n) is 3.15. The van der Waals surface area contributed by atoms with Crippen molar-refractivity contribution in [2.24, 2.45) is 5.92 Å². The standard InChI is InChI=1S/C8H12O3/c9-5-7-8(11-7)6-1-3-10-4-2-6/h5-8H,1-4H2/t7-,8-/m1/s1. The molecule has 0 N–H and O–H groups in total. The van der Waals surface area contributed by atoms with E-state index in [-0.39, 0.29) is 12.2 Å². The molecule has 0 spiro atoms. The van der Waals surface area contributed by atoms with Crippen LogP contribution in [0, 0.1) is 5.92 Å². The summed E-state index contributed by atoms with van der Waals surface area (Å²) < 4.78 is 10.4. The van der Waals surface area contributed by atoms with Gasteiger partial charge in [0, 0.05) is 13.2 Å². The third-order valence-electron chi connectivity index (χ3n) is 2.43. The first-order chi connectivity index (χ1) is 5.42. The summed E-state index contributed by atoms with van der Waals surface area (Å²) >= 11 is 0. The molecule has 2 aliphatic heterocycles. The summed E-state index contributed by atoms with van der Waals surface area (Å²) in [6.07, 6.45) is 3.12. The van der Waals surface area contributed by atoms with Crippen molar-refractivity contribution in [2.75, 3.05) is 13.2 Å². The first-order valence-electron chi connectivity index (χ1n) is 4.10. The van der Waals surface area contributed by atoms with Gasteiger partial charge in [0.2, 0.25) is 0 Å². The summed E-state index contributed by atoms with van der Waals surface area (Å²) in [6, 6.07) is 0. The highest BCUT2D eigenvalue weighted by Gasteiger charge is 2.44. The van der Waals surface area contributed by atoms with Crippen LogP contribution in [0.4, 0.5) is 0 Å². The van der Waals surface area contributed by atoms with Crippen LogP contribution < -0.4 is 0 Å². The summed E-state index contributed by atoms with van der Waals surface area (Å²) in [5.41, 5.74) is 0. The summed E-state index contributed by atoms with van der Waals surface area (Å²) in [5, 5.41) is 0. The minimum Gasteiger partial charge on any atom is -0.381 e. The Bertz CT molecular complexity index is 151. The molecule has 0 aliphatic carbocycles. The molecule has 2 saturated heterocycles. The van der Waals surface area contributed by atoms with Crippen LogP contribution in [0.2, 0.25) is 0 Å². The van der Waals surface area contributed by atoms with Crippen LogP contribution in [0.15, 0.2) is 0 Å². The van der Waals surface area contributed by atoms with Gasteiger partial charge in [-0.2, -0.15) is 0 Å². The van der Waals surface area contributed by atoms with Crippen LogP contribution in [-0.4, -0.2) is 31.7 Å². The Labute approximate surface area is 65.7 Å². The Morgan fingerprint density at radius 3 is 2.55 bits per heavy atom. The minimum absolute atomic E-state index is 0.0990. The SMILES string of the molecule is O=C[C@H]1O[C@@H]1C1CCOCC1. The third kappa shape index (κ3) is 1.44. The molecule has 2 rings (SSSR count). The van der Waals surface area contributed by atoms with Gasteiger partial charge in [-0.15, -0.1) is 0 Å². The van der Waals surface area contributed by atoms with E-state index in [1.807, 2.05) is 0 Å². The Morgan fingerprint density at radius 2 is 2.00 bits per heavy atom. The molecular weight excluding hydrogens is 144 g/mol. The molecule has 2 aliphatic rings. The average molecular weight is 156 g/mol. The number of epoxide rings is 1. The van der Waals surface area contributed by atoms with Crippen LogP contribution in [-0.2, 0) is 14.3 Å². The molecule has 0 amide bonds. The molecular formula is C8H12O3. The highest BCUT2D eigenvalue weighted by Crippen LogP contribution is 2.33. The van der Waals surface area contributed by atoms with Crippen LogP contribution in [0.1, 0.15) is 12.8 Å². The van der Waals surface area contributed by atoms with Gasteiger partial charge in [-0.3, -0.25) is 0 Å². The lowest BCUT2D eigenvalue weighted by molar-refractivity contribution is -0.108. The van der Waals surface area contributed by atoms with Crippen molar-refractivity contribution in [1.29, 1.82) is 0 Å². The van der Waals surface area contributed by atoms with E-state index in [0.29, 0.717) is 5.92 Å². The van der Waals surface area contributed by atoms with E-state index in [9.17, 15) is 4.79 Å². The highest BCUT2D eigenvalue weighted by molar-refractivity contribution is 5.60. The van der Waals surface area contributed by atoms with Gasteiger partial charge in [0.1, 0.15) is 6.10 Å². The number of hydrogen-bond donors (Lipinski definition) is 0. The normalized spacial score (nSPS) is 38.5. The molecule has 3 heteroatoms. The van der Waals surface area contributed by atoms with Crippen LogP contribution in [0.5, 0.6) is 0 Å². The van der Waals surface area contributed by atoms with Gasteiger partial charge in [-0.25, -0.2) is 0 Å². The number of aldehydes is 1. The van der Waals surface area contributed by atoms with E-state index in [1.165, 1.54) is 0 Å². The molecule has 62 valence electrons. The zero-order valence-electron chi connectivity index (χ0n) is 6.36. The second-order valence-corrected chi connectivity index (χ2v) is 3.15. The molecule has 2 fully saturated rings. The highest BCUT2D eigenvalue weighted by atomic mass is 16.6. The Hall–Kier alpha value is -0.410. The summed E-state index contributed by atoms with van der Waals surface area (Å²) in [5.74, 6) is 0.568. The predicted molar refractivity (Wildman–Crippen MR) is 38.3 cm³/mol. The maximum absolute atomic E-state index is 10.3. The van der Waals surface area contributed by atoms with Gasteiger partial charge < -0.3 is 14.3 Å². The summed E-state index contributed by atoms with van der Waals surface area (Å²) in [6.45, 7) is 1.66. The van der Waals surface area contributed by atoms with E-state index < -0.39 is 0 Å². The molecule has 0 aromatic rings. The molecule has 2 atom stereocenters. The number of ether oxygens (including phenoxy) is 2. The Morgan fingerprint density at radius 1 is 1.27 bits per heavy atom. The zero-order valence-corrected chi connectivity index (χ0v) is 6.36. The largest absolute Gasteiger partial charge is 0.381 e. The topological polar surface area (TPSA) is 38.8 Å². The zero-order chi connectivity index (χ0) is 7.68. The summed E-state index contributed by atoms with van der Waals surface area (Å²) in [7, 11) is 0. The van der Waals surface area contributed by atoms with E-state index >= 15 is 0 Å². The first kappa shape index (κ1) is 7.25. The number of rotatable bonds is 2. The fourth-order valence-corrected chi connectivity index (χ4v) is 1.67. The quantitative estimate of drug-likeness (QED) is 0.428. The van der Waals surface area contributed by atoms with Crippen molar-refractivity contribution in [3.63, 3.8) is 0 Å². The molecule has 0 aromatic heterocycles. The number of carbonyl (C=O) groups excluding carboxylic acids is 1. The predicted octanol–water partition coefficient (Wildman–Crippen LogP) is 0.379. The maximum Gasteiger partial charge on any atom is 0.151 e. The van der Waals surface area contributed by atoms with Crippen molar-refractivity contribution in [3.05, 3.63) is 0 Å². The fraction of sp³-hybridized carbons (Fsp3) is 0.875. The van der Waals surface area contributed by atoms with Gasteiger partial charge in [0.05, 0.1) is 6.10 Å². The van der Waals surface area contributed by atoms with Gasteiger partial charge in [-0.1, -0.05) is 0 Å². The number of hydrogen-bond acceptors (Lipinski definition) is 3. The smallest absolute Gasteiger partial charge is 0.151 e. The average Bonchev–Trinajstić information content (AvgIpc) is 2.85. The van der Waals surface area contributed by atoms with Gasteiger partial charge in [0.15, 0.2) is 6.29 Å². The monoisotopic (exact) mass is 156 g/mol. The lowest BCUT2D eigenvalue weighted by Crippen LogP contribution is -2.21. The molecule has 3 nitrogen and oxygen atoms in total. The van der Waals surface area contributed by atoms with Crippen LogP contribution in [0.25, 0.3) is 0 Å². The second kappa shape index (κ2) is 2.91. The Kier molecular flexibility index (Phi) is 1.92. The molecule has 2 heterocycles. The molecule has 11 heavy (non-hydrogen) atoms. The van der Waals surface area contributed by atoms with Crippen LogP contribution in [0.3, 0.4) is 0 Å². The fourth-order valence-electron chi connectivity index (χ4n) is 1.67. The first-order valence-corrected chi connectivity index (χ1v) is 4.10. The minimum atomic E-state index is -0.0990. The van der Waals surface area contributed by atoms with E-state index in [2.05, 4.69) is 0 Å². The van der Waals surface area contributed by atoms with Crippen molar-refractivity contribution >= 4 is 6.29 Å². The molecule has 0 saturated carbocycles. The Balaban J connectivity index is 1.81.